The number of benzene rings is 1. The highest BCUT2D eigenvalue weighted by atomic mass is 35.5. The highest BCUT2D eigenvalue weighted by molar-refractivity contribution is 6.30. The first-order chi connectivity index (χ1) is 8.54. The molecule has 0 radical (unpaired) electrons. The van der Waals surface area contributed by atoms with Crippen LogP contribution >= 0.6 is 11.6 Å². The van der Waals surface area contributed by atoms with Crippen molar-refractivity contribution >= 4 is 23.2 Å². The van der Waals surface area contributed by atoms with Crippen LogP contribution < -0.4 is 11.1 Å². The molecule has 1 aromatic carbocycles. The van der Waals surface area contributed by atoms with E-state index in [2.05, 4.69) is 5.32 Å². The van der Waals surface area contributed by atoms with E-state index in [1.54, 1.807) is 7.11 Å². The van der Waals surface area contributed by atoms with Gasteiger partial charge in [0.2, 0.25) is 5.91 Å². The zero-order chi connectivity index (χ0) is 13.5. The van der Waals surface area contributed by atoms with Gasteiger partial charge in [-0.15, -0.1) is 0 Å². The molecule has 1 unspecified atom stereocenters. The molecule has 1 amide bonds. The third-order valence-electron chi connectivity index (χ3n) is 2.39. The van der Waals surface area contributed by atoms with Gasteiger partial charge < -0.3 is 15.8 Å². The molecule has 6 heteroatoms. The molecule has 18 heavy (non-hydrogen) atoms. The van der Waals surface area contributed by atoms with E-state index in [1.807, 2.05) is 0 Å². The average Bonchev–Trinajstić information content (AvgIpc) is 2.32. The Morgan fingerprint density at radius 1 is 1.61 bits per heavy atom. The minimum atomic E-state index is -0.685. The van der Waals surface area contributed by atoms with Gasteiger partial charge in [-0.25, -0.2) is 4.39 Å². The molecule has 0 fully saturated rings. The fraction of sp³-hybridized carbons (Fsp3) is 0.417. The normalized spacial score (nSPS) is 12.2. The Morgan fingerprint density at radius 2 is 2.33 bits per heavy atom. The summed E-state index contributed by atoms with van der Waals surface area (Å²) in [5, 5.41) is 2.70. The van der Waals surface area contributed by atoms with Crippen LogP contribution in [-0.2, 0) is 9.53 Å². The van der Waals surface area contributed by atoms with Gasteiger partial charge in [-0.05, 0) is 31.0 Å². The summed E-state index contributed by atoms with van der Waals surface area (Å²) < 4.78 is 18.3. The zero-order valence-corrected chi connectivity index (χ0v) is 10.8. The van der Waals surface area contributed by atoms with Crippen LogP contribution in [-0.4, -0.2) is 25.7 Å². The van der Waals surface area contributed by atoms with Crippen molar-refractivity contribution in [3.05, 3.63) is 29.0 Å². The van der Waals surface area contributed by atoms with Crippen LogP contribution in [0, 0.1) is 5.82 Å². The maximum atomic E-state index is 13.4. The van der Waals surface area contributed by atoms with E-state index in [-0.39, 0.29) is 10.7 Å². The van der Waals surface area contributed by atoms with Gasteiger partial charge in [0, 0.05) is 18.7 Å². The molecular formula is C12H16ClFN2O2. The van der Waals surface area contributed by atoms with Gasteiger partial charge in [0.25, 0.3) is 0 Å². The third kappa shape index (κ3) is 4.60. The van der Waals surface area contributed by atoms with Crippen molar-refractivity contribution in [1.29, 1.82) is 0 Å². The van der Waals surface area contributed by atoms with Crippen LogP contribution in [0.4, 0.5) is 10.1 Å². The molecular weight excluding hydrogens is 259 g/mol. The first kappa shape index (κ1) is 14.9. The minimum Gasteiger partial charge on any atom is -0.385 e. The highest BCUT2D eigenvalue weighted by Crippen LogP contribution is 2.19. The molecule has 0 saturated heterocycles. The molecule has 0 heterocycles. The summed E-state index contributed by atoms with van der Waals surface area (Å²) in [4.78, 5) is 11.7. The number of methoxy groups -OCH3 is 1. The third-order valence-corrected chi connectivity index (χ3v) is 2.62. The Hall–Kier alpha value is -1.17. The van der Waals surface area contributed by atoms with Gasteiger partial charge in [0.1, 0.15) is 5.82 Å². The van der Waals surface area contributed by atoms with E-state index in [0.717, 1.165) is 6.07 Å². The van der Waals surface area contributed by atoms with Crippen LogP contribution in [0.25, 0.3) is 0 Å². The lowest BCUT2D eigenvalue weighted by molar-refractivity contribution is -0.117. The Kier molecular flexibility index (Phi) is 6.04. The Balaban J connectivity index is 2.53. The first-order valence-corrected chi connectivity index (χ1v) is 5.93. The molecule has 3 N–H and O–H groups in total. The van der Waals surface area contributed by atoms with Gasteiger partial charge in [0.15, 0.2) is 0 Å². The molecule has 0 aromatic heterocycles. The largest absolute Gasteiger partial charge is 0.385 e. The SMILES string of the molecule is COCCCC(N)C(=O)Nc1ccc(Cl)cc1F. The lowest BCUT2D eigenvalue weighted by atomic mass is 10.1. The van der Waals surface area contributed by atoms with Crippen molar-refractivity contribution in [1.82, 2.24) is 0 Å². The maximum Gasteiger partial charge on any atom is 0.241 e. The van der Waals surface area contributed by atoms with E-state index < -0.39 is 17.8 Å². The number of ether oxygens (including phenoxy) is 1. The van der Waals surface area contributed by atoms with E-state index in [4.69, 9.17) is 22.1 Å². The number of carbonyl (C=O) groups excluding carboxylic acids is 1. The second-order valence-electron chi connectivity index (χ2n) is 3.85. The lowest BCUT2D eigenvalue weighted by Crippen LogP contribution is -2.36. The molecule has 1 rings (SSSR count). The van der Waals surface area contributed by atoms with Gasteiger partial charge in [0.05, 0.1) is 11.7 Å². The van der Waals surface area contributed by atoms with Crippen LogP contribution in [0.3, 0.4) is 0 Å². The molecule has 4 nitrogen and oxygen atoms in total. The molecule has 1 atom stereocenters. The number of nitrogens with two attached hydrogens (primary N) is 1. The number of hydrogen-bond donors (Lipinski definition) is 2. The average molecular weight is 275 g/mol. The van der Waals surface area contributed by atoms with E-state index >= 15 is 0 Å². The van der Waals surface area contributed by atoms with Crippen molar-refractivity contribution in [3.8, 4) is 0 Å². The van der Waals surface area contributed by atoms with Crippen molar-refractivity contribution in [2.24, 2.45) is 5.73 Å². The smallest absolute Gasteiger partial charge is 0.241 e. The first-order valence-electron chi connectivity index (χ1n) is 5.55. The Morgan fingerprint density at radius 3 is 2.94 bits per heavy atom. The second kappa shape index (κ2) is 7.31. The molecule has 0 aliphatic carbocycles. The molecule has 0 spiro atoms. The maximum absolute atomic E-state index is 13.4. The molecule has 0 saturated carbocycles. The summed E-state index contributed by atoms with van der Waals surface area (Å²) in [6.07, 6.45) is 1.16. The molecule has 0 bridgehead atoms. The van der Waals surface area contributed by atoms with E-state index in [1.165, 1.54) is 12.1 Å². The number of carbonyl (C=O) groups is 1. The minimum absolute atomic E-state index is 0.0755. The van der Waals surface area contributed by atoms with Crippen LogP contribution in [0.15, 0.2) is 18.2 Å². The summed E-state index contributed by atoms with van der Waals surface area (Å²) >= 11 is 5.61. The molecule has 100 valence electrons. The number of halogens is 2. The van der Waals surface area contributed by atoms with Gasteiger partial charge in [-0.3, -0.25) is 4.79 Å². The summed E-state index contributed by atoms with van der Waals surface area (Å²) in [5.41, 5.74) is 5.75. The monoisotopic (exact) mass is 274 g/mol. The molecule has 0 aliphatic rings. The van der Waals surface area contributed by atoms with Crippen LogP contribution in [0.5, 0.6) is 0 Å². The van der Waals surface area contributed by atoms with Gasteiger partial charge >= 0.3 is 0 Å². The predicted octanol–water partition coefficient (Wildman–Crippen LogP) is 2.17. The molecule has 0 aliphatic heterocycles. The topological polar surface area (TPSA) is 64.3 Å². The standard InChI is InChI=1S/C12H16ClFN2O2/c1-18-6-2-3-10(15)12(17)16-11-5-4-8(13)7-9(11)14/h4-5,7,10H,2-3,6,15H2,1H3,(H,16,17). The van der Waals surface area contributed by atoms with Crippen molar-refractivity contribution < 1.29 is 13.9 Å². The van der Waals surface area contributed by atoms with Crippen molar-refractivity contribution in [2.45, 2.75) is 18.9 Å². The Bertz CT molecular complexity index is 415. The van der Waals surface area contributed by atoms with Gasteiger partial charge in [-0.2, -0.15) is 0 Å². The van der Waals surface area contributed by atoms with Crippen molar-refractivity contribution in [2.75, 3.05) is 19.0 Å². The predicted molar refractivity (Wildman–Crippen MR) is 69.1 cm³/mol. The summed E-state index contributed by atoms with van der Waals surface area (Å²) in [5.74, 6) is -1.01. The fourth-order valence-electron chi connectivity index (χ4n) is 1.39. The number of rotatable bonds is 6. The highest BCUT2D eigenvalue weighted by Gasteiger charge is 2.14. The zero-order valence-electron chi connectivity index (χ0n) is 10.1. The van der Waals surface area contributed by atoms with Crippen LogP contribution in [0.1, 0.15) is 12.8 Å². The summed E-state index contributed by atoms with van der Waals surface area (Å²) in [6, 6.07) is 3.34. The summed E-state index contributed by atoms with van der Waals surface area (Å²) in [6.45, 7) is 0.538. The van der Waals surface area contributed by atoms with E-state index in [9.17, 15) is 9.18 Å². The number of anilines is 1. The lowest BCUT2D eigenvalue weighted by Gasteiger charge is -2.12. The Labute approximate surface area is 110 Å². The number of nitrogens with one attached hydrogen (secondary N) is 1. The molecule has 1 aromatic rings. The fourth-order valence-corrected chi connectivity index (χ4v) is 1.55. The number of hydrogen-bond acceptors (Lipinski definition) is 3. The van der Waals surface area contributed by atoms with E-state index in [0.29, 0.717) is 19.4 Å². The van der Waals surface area contributed by atoms with Crippen LogP contribution in [0.2, 0.25) is 5.02 Å². The van der Waals surface area contributed by atoms with Crippen molar-refractivity contribution in [3.63, 3.8) is 0 Å². The van der Waals surface area contributed by atoms with Gasteiger partial charge in [-0.1, -0.05) is 11.6 Å². The quantitative estimate of drug-likeness (QED) is 0.782. The second-order valence-corrected chi connectivity index (χ2v) is 4.29. The number of amides is 1. The summed E-state index contributed by atoms with van der Waals surface area (Å²) in [7, 11) is 1.58.